The molecular formula is C21H38O2. The first kappa shape index (κ1) is 18.8. The van der Waals surface area contributed by atoms with Gasteiger partial charge in [0.15, 0.2) is 0 Å². The first-order valence-electron chi connectivity index (χ1n) is 10.3. The molecule has 1 unspecified atom stereocenters. The maximum atomic E-state index is 12.2. The van der Waals surface area contributed by atoms with Crippen LogP contribution in [0.15, 0.2) is 0 Å². The Morgan fingerprint density at radius 2 is 1.52 bits per heavy atom. The summed E-state index contributed by atoms with van der Waals surface area (Å²) in [5, 5.41) is 0. The van der Waals surface area contributed by atoms with Gasteiger partial charge in [-0.15, -0.1) is 0 Å². The molecule has 0 N–H and O–H groups in total. The Bertz CT molecular complexity index is 336. The van der Waals surface area contributed by atoms with E-state index in [0.717, 1.165) is 37.0 Å². The summed E-state index contributed by atoms with van der Waals surface area (Å²) in [4.78, 5) is 12.2. The van der Waals surface area contributed by atoms with Crippen molar-refractivity contribution in [3.8, 4) is 0 Å². The highest BCUT2D eigenvalue weighted by atomic mass is 16.5. The van der Waals surface area contributed by atoms with Crippen molar-refractivity contribution < 1.29 is 9.53 Å². The molecule has 2 nitrogen and oxygen atoms in total. The molecule has 0 spiro atoms. The minimum absolute atomic E-state index is 0.0791. The van der Waals surface area contributed by atoms with Crippen LogP contribution in [0.1, 0.15) is 91.4 Å². The van der Waals surface area contributed by atoms with Gasteiger partial charge in [0, 0.05) is 0 Å². The third kappa shape index (κ3) is 5.80. The highest BCUT2D eigenvalue weighted by molar-refractivity contribution is 5.72. The van der Waals surface area contributed by atoms with Crippen molar-refractivity contribution in [3.05, 3.63) is 0 Å². The molecule has 2 aliphatic rings. The SMILES string of the molecule is CCCC1CCC(C2CCC(C(=O)OCC(C)CC)CC2)CC1. The molecule has 0 heterocycles. The van der Waals surface area contributed by atoms with Crippen LogP contribution in [-0.4, -0.2) is 12.6 Å². The molecule has 0 bridgehead atoms. The van der Waals surface area contributed by atoms with E-state index in [4.69, 9.17) is 4.74 Å². The van der Waals surface area contributed by atoms with Crippen LogP contribution in [-0.2, 0) is 9.53 Å². The lowest BCUT2D eigenvalue weighted by Gasteiger charge is -2.37. The number of ether oxygens (including phenoxy) is 1. The largest absolute Gasteiger partial charge is 0.465 e. The minimum atomic E-state index is 0.0791. The molecule has 2 heteroatoms. The highest BCUT2D eigenvalue weighted by Crippen LogP contribution is 2.42. The average Bonchev–Trinajstić information content (AvgIpc) is 2.60. The molecular weight excluding hydrogens is 284 g/mol. The van der Waals surface area contributed by atoms with Gasteiger partial charge in [-0.1, -0.05) is 52.9 Å². The van der Waals surface area contributed by atoms with Crippen LogP contribution in [0.3, 0.4) is 0 Å². The third-order valence-electron chi connectivity index (χ3n) is 6.57. The molecule has 2 saturated carbocycles. The molecule has 0 aromatic heterocycles. The first-order valence-corrected chi connectivity index (χ1v) is 10.3. The van der Waals surface area contributed by atoms with Gasteiger partial charge in [-0.25, -0.2) is 0 Å². The number of carbonyl (C=O) groups is 1. The van der Waals surface area contributed by atoms with Crippen molar-refractivity contribution >= 4 is 5.97 Å². The smallest absolute Gasteiger partial charge is 0.308 e. The van der Waals surface area contributed by atoms with E-state index < -0.39 is 0 Å². The maximum absolute atomic E-state index is 12.2. The molecule has 2 aliphatic carbocycles. The molecule has 0 radical (unpaired) electrons. The summed E-state index contributed by atoms with van der Waals surface area (Å²) < 4.78 is 5.52. The molecule has 0 amide bonds. The van der Waals surface area contributed by atoms with E-state index in [-0.39, 0.29) is 11.9 Å². The molecule has 1 atom stereocenters. The Balaban J connectivity index is 1.67. The van der Waals surface area contributed by atoms with Gasteiger partial charge < -0.3 is 4.74 Å². The maximum Gasteiger partial charge on any atom is 0.308 e. The predicted octanol–water partition coefficient (Wildman–Crippen LogP) is 5.99. The van der Waals surface area contributed by atoms with Crippen molar-refractivity contribution in [1.82, 2.24) is 0 Å². The Labute approximate surface area is 143 Å². The van der Waals surface area contributed by atoms with Gasteiger partial charge in [0.2, 0.25) is 0 Å². The fourth-order valence-corrected chi connectivity index (χ4v) is 4.64. The van der Waals surface area contributed by atoms with Crippen LogP contribution in [0.2, 0.25) is 0 Å². The Hall–Kier alpha value is -0.530. The van der Waals surface area contributed by atoms with E-state index in [2.05, 4.69) is 20.8 Å². The number of rotatable bonds is 7. The van der Waals surface area contributed by atoms with E-state index in [1.54, 1.807) is 0 Å². The molecule has 0 aromatic carbocycles. The molecule has 134 valence electrons. The Morgan fingerprint density at radius 1 is 0.957 bits per heavy atom. The van der Waals surface area contributed by atoms with Gasteiger partial charge in [0.1, 0.15) is 0 Å². The lowest BCUT2D eigenvalue weighted by atomic mass is 9.69. The van der Waals surface area contributed by atoms with Crippen molar-refractivity contribution in [2.75, 3.05) is 6.61 Å². The monoisotopic (exact) mass is 322 g/mol. The normalized spacial score (nSPS) is 33.2. The van der Waals surface area contributed by atoms with Crippen molar-refractivity contribution in [2.24, 2.45) is 29.6 Å². The van der Waals surface area contributed by atoms with Gasteiger partial charge in [0.25, 0.3) is 0 Å². The third-order valence-corrected chi connectivity index (χ3v) is 6.57. The van der Waals surface area contributed by atoms with Crippen molar-refractivity contribution in [3.63, 3.8) is 0 Å². The highest BCUT2D eigenvalue weighted by Gasteiger charge is 2.33. The fraction of sp³-hybridized carbons (Fsp3) is 0.952. The summed E-state index contributed by atoms with van der Waals surface area (Å²) in [5.74, 6) is 3.59. The van der Waals surface area contributed by atoms with E-state index in [9.17, 15) is 4.79 Å². The van der Waals surface area contributed by atoms with E-state index >= 15 is 0 Å². The lowest BCUT2D eigenvalue weighted by Crippen LogP contribution is -2.29. The van der Waals surface area contributed by atoms with Crippen LogP contribution in [0.5, 0.6) is 0 Å². The predicted molar refractivity (Wildman–Crippen MR) is 96.2 cm³/mol. The van der Waals surface area contributed by atoms with Crippen molar-refractivity contribution in [1.29, 1.82) is 0 Å². The second kappa shape index (κ2) is 9.69. The summed E-state index contributed by atoms with van der Waals surface area (Å²) in [6, 6.07) is 0. The van der Waals surface area contributed by atoms with Crippen LogP contribution in [0.4, 0.5) is 0 Å². The number of esters is 1. The molecule has 23 heavy (non-hydrogen) atoms. The average molecular weight is 323 g/mol. The second-order valence-electron chi connectivity index (χ2n) is 8.32. The Kier molecular flexibility index (Phi) is 7.92. The van der Waals surface area contributed by atoms with E-state index in [1.807, 2.05) is 0 Å². The molecule has 2 rings (SSSR count). The molecule has 0 aromatic rings. The van der Waals surface area contributed by atoms with Crippen LogP contribution < -0.4 is 0 Å². The van der Waals surface area contributed by atoms with Crippen LogP contribution >= 0.6 is 0 Å². The van der Waals surface area contributed by atoms with Crippen LogP contribution in [0.25, 0.3) is 0 Å². The second-order valence-corrected chi connectivity index (χ2v) is 8.32. The molecule has 0 aliphatic heterocycles. The summed E-state index contributed by atoms with van der Waals surface area (Å²) in [6.07, 6.45) is 14.3. The van der Waals surface area contributed by atoms with Gasteiger partial charge in [-0.05, 0) is 62.2 Å². The molecule has 2 fully saturated rings. The lowest BCUT2D eigenvalue weighted by molar-refractivity contribution is -0.151. The number of hydrogen-bond acceptors (Lipinski definition) is 2. The summed E-state index contributed by atoms with van der Waals surface area (Å²) in [6.45, 7) is 7.22. The molecule has 0 saturated heterocycles. The zero-order valence-electron chi connectivity index (χ0n) is 15.7. The summed E-state index contributed by atoms with van der Waals surface area (Å²) >= 11 is 0. The van der Waals surface area contributed by atoms with Gasteiger partial charge in [-0.2, -0.15) is 0 Å². The standard InChI is InChI=1S/C21H38O2/c1-4-6-17-7-9-18(10-8-17)19-11-13-20(14-12-19)21(22)23-15-16(3)5-2/h16-20H,4-15H2,1-3H3. The quantitative estimate of drug-likeness (QED) is 0.538. The van der Waals surface area contributed by atoms with Gasteiger partial charge in [-0.3, -0.25) is 4.79 Å². The number of hydrogen-bond donors (Lipinski definition) is 0. The van der Waals surface area contributed by atoms with Gasteiger partial charge >= 0.3 is 5.97 Å². The minimum Gasteiger partial charge on any atom is -0.465 e. The summed E-state index contributed by atoms with van der Waals surface area (Å²) in [7, 11) is 0. The zero-order valence-corrected chi connectivity index (χ0v) is 15.7. The van der Waals surface area contributed by atoms with Crippen LogP contribution in [0, 0.1) is 29.6 Å². The number of carbonyl (C=O) groups excluding carboxylic acids is 1. The summed E-state index contributed by atoms with van der Waals surface area (Å²) in [5.41, 5.74) is 0. The Morgan fingerprint density at radius 3 is 2.04 bits per heavy atom. The van der Waals surface area contributed by atoms with Gasteiger partial charge in [0.05, 0.1) is 12.5 Å². The van der Waals surface area contributed by atoms with E-state index in [1.165, 1.54) is 51.4 Å². The first-order chi connectivity index (χ1) is 11.1. The van der Waals surface area contributed by atoms with E-state index in [0.29, 0.717) is 12.5 Å². The zero-order chi connectivity index (χ0) is 16.7. The van der Waals surface area contributed by atoms with Crippen molar-refractivity contribution in [2.45, 2.75) is 91.4 Å². The fourth-order valence-electron chi connectivity index (χ4n) is 4.64. The topological polar surface area (TPSA) is 26.3 Å².